The fourth-order valence-electron chi connectivity index (χ4n) is 7.07. The summed E-state index contributed by atoms with van der Waals surface area (Å²) in [5, 5.41) is 0. The Balaban J connectivity index is 1.35. The van der Waals surface area contributed by atoms with E-state index < -0.39 is 10.8 Å². The number of halogens is 2. The molecule has 7 rings (SSSR count). The number of hydrogen-bond acceptors (Lipinski definition) is 8. The highest BCUT2D eigenvalue weighted by atomic mass is 79.9. The number of hydrogen-bond donors (Lipinski definition) is 0. The van der Waals surface area contributed by atoms with Crippen molar-refractivity contribution < 1.29 is 18.9 Å². The van der Waals surface area contributed by atoms with Crippen molar-refractivity contribution >= 4 is 55.5 Å². The second-order valence-electron chi connectivity index (χ2n) is 15.5. The first kappa shape index (κ1) is 28.8. The summed E-state index contributed by atoms with van der Waals surface area (Å²) in [4.78, 5) is 20.3. The van der Waals surface area contributed by atoms with Crippen LogP contribution in [0.4, 0.5) is 0 Å². The lowest BCUT2D eigenvalue weighted by atomic mass is 9.82. The Morgan fingerprint density at radius 1 is 0.429 bits per heavy atom. The minimum atomic E-state index is -0.577. The SMILES string of the molecule is CC1(C)COC(C2(C3=NC(C)(C)CO3)Cc3c(Br)c4c(c(Br)c3C2)CC(C2=NC(C)(C)CO2)(C2=NC(C)(C)CO2)C4)=N1. The van der Waals surface area contributed by atoms with E-state index in [1.165, 1.54) is 22.3 Å². The van der Waals surface area contributed by atoms with Gasteiger partial charge in [0.2, 0.25) is 23.6 Å². The first-order valence-corrected chi connectivity index (χ1v) is 16.5. The van der Waals surface area contributed by atoms with Gasteiger partial charge in [-0.1, -0.05) is 31.9 Å². The highest BCUT2D eigenvalue weighted by Gasteiger charge is 2.59. The van der Waals surface area contributed by atoms with Crippen LogP contribution in [-0.4, -0.2) is 72.2 Å². The molecule has 0 fully saturated rings. The molecule has 226 valence electrons. The van der Waals surface area contributed by atoms with Gasteiger partial charge >= 0.3 is 0 Å². The number of ether oxygens (including phenoxy) is 4. The molecule has 6 aliphatic rings. The predicted octanol–water partition coefficient (Wildman–Crippen LogP) is 6.21. The van der Waals surface area contributed by atoms with Crippen LogP contribution in [0.3, 0.4) is 0 Å². The molecule has 0 N–H and O–H groups in total. The van der Waals surface area contributed by atoms with Gasteiger partial charge in [0.25, 0.3) is 0 Å². The Kier molecular flexibility index (Phi) is 6.06. The topological polar surface area (TPSA) is 86.4 Å². The standard InChI is InChI=1S/C32H40Br2N4O4/c1-27(2)13-39-23(35-27)31(24-36-28(3,4)14-40-24)9-17-18(10-31)22(34)20-12-32(11-19(20)21(17)33,25-37-29(5,6)15-41-25)26-38-30(7,8)16-42-26/h9-16H2,1-8H3. The van der Waals surface area contributed by atoms with Crippen molar-refractivity contribution in [2.45, 2.75) is 103 Å². The first-order valence-electron chi connectivity index (χ1n) is 14.9. The highest BCUT2D eigenvalue weighted by molar-refractivity contribution is 9.11. The zero-order chi connectivity index (χ0) is 30.1. The zero-order valence-corrected chi connectivity index (χ0v) is 29.0. The van der Waals surface area contributed by atoms with Crippen LogP contribution in [0.2, 0.25) is 0 Å². The van der Waals surface area contributed by atoms with E-state index in [2.05, 4.69) is 87.2 Å². The lowest BCUT2D eigenvalue weighted by Crippen LogP contribution is -2.41. The van der Waals surface area contributed by atoms with Crippen LogP contribution in [0.25, 0.3) is 0 Å². The zero-order valence-electron chi connectivity index (χ0n) is 25.8. The maximum atomic E-state index is 6.35. The second-order valence-corrected chi connectivity index (χ2v) is 17.1. The molecule has 1 aromatic carbocycles. The minimum absolute atomic E-state index is 0.285. The molecule has 0 atom stereocenters. The smallest absolute Gasteiger partial charge is 0.200 e. The first-order chi connectivity index (χ1) is 19.5. The number of aliphatic imine (C=N–C) groups is 4. The third kappa shape index (κ3) is 4.32. The van der Waals surface area contributed by atoms with Crippen molar-refractivity contribution in [1.82, 2.24) is 0 Å². The quantitative estimate of drug-likeness (QED) is 0.373. The van der Waals surface area contributed by atoms with Gasteiger partial charge in [-0.2, -0.15) is 0 Å². The number of benzene rings is 1. The van der Waals surface area contributed by atoms with Crippen LogP contribution < -0.4 is 0 Å². The summed E-state index contributed by atoms with van der Waals surface area (Å²) in [7, 11) is 0. The van der Waals surface area contributed by atoms with Crippen molar-refractivity contribution in [1.29, 1.82) is 0 Å². The van der Waals surface area contributed by atoms with Crippen LogP contribution in [0.1, 0.15) is 77.6 Å². The molecule has 0 amide bonds. The molecule has 42 heavy (non-hydrogen) atoms. The van der Waals surface area contributed by atoms with Gasteiger partial charge in [-0.05, 0) is 103 Å². The Hall–Kier alpha value is -1.94. The van der Waals surface area contributed by atoms with Gasteiger partial charge in [0.05, 0.1) is 22.2 Å². The average Bonchev–Trinajstić information content (AvgIpc) is 3.71. The van der Waals surface area contributed by atoms with E-state index in [1.54, 1.807) is 0 Å². The lowest BCUT2D eigenvalue weighted by molar-refractivity contribution is 0.231. The molecule has 0 aromatic heterocycles. The van der Waals surface area contributed by atoms with Crippen LogP contribution >= 0.6 is 31.9 Å². The van der Waals surface area contributed by atoms with E-state index in [4.69, 9.17) is 38.9 Å². The van der Waals surface area contributed by atoms with E-state index in [-0.39, 0.29) is 22.2 Å². The van der Waals surface area contributed by atoms with Gasteiger partial charge in [0, 0.05) is 8.95 Å². The van der Waals surface area contributed by atoms with Crippen LogP contribution in [-0.2, 0) is 44.6 Å². The summed E-state index contributed by atoms with van der Waals surface area (Å²) in [5.41, 5.74) is 2.68. The number of nitrogens with zero attached hydrogens (tertiary/aromatic N) is 4. The Labute approximate surface area is 265 Å². The monoisotopic (exact) mass is 702 g/mol. The molecule has 4 heterocycles. The predicted molar refractivity (Wildman–Crippen MR) is 171 cm³/mol. The van der Waals surface area contributed by atoms with Crippen molar-refractivity contribution in [3.05, 3.63) is 31.2 Å². The molecule has 10 heteroatoms. The van der Waals surface area contributed by atoms with Crippen molar-refractivity contribution in [3.8, 4) is 0 Å². The van der Waals surface area contributed by atoms with E-state index in [0.717, 1.165) is 32.5 Å². The maximum absolute atomic E-state index is 6.35. The fourth-order valence-corrected chi connectivity index (χ4v) is 8.59. The number of fused-ring (bicyclic) bond motifs is 2. The van der Waals surface area contributed by atoms with Crippen molar-refractivity contribution in [2.75, 3.05) is 26.4 Å². The molecule has 8 nitrogen and oxygen atoms in total. The lowest BCUT2D eigenvalue weighted by Gasteiger charge is -2.28. The van der Waals surface area contributed by atoms with E-state index >= 15 is 0 Å². The summed E-state index contributed by atoms with van der Waals surface area (Å²) in [6, 6.07) is 0. The summed E-state index contributed by atoms with van der Waals surface area (Å²) >= 11 is 8.20. The van der Waals surface area contributed by atoms with Crippen LogP contribution in [0.5, 0.6) is 0 Å². The normalized spacial score (nSPS) is 28.0. The van der Waals surface area contributed by atoms with Crippen molar-refractivity contribution in [3.63, 3.8) is 0 Å². The molecule has 0 unspecified atom stereocenters. The van der Waals surface area contributed by atoms with Gasteiger partial charge in [-0.15, -0.1) is 0 Å². The van der Waals surface area contributed by atoms with Gasteiger partial charge in [0.1, 0.15) is 37.3 Å². The second kappa shape index (κ2) is 8.83. The molecule has 4 aliphatic heterocycles. The summed E-state index contributed by atoms with van der Waals surface area (Å²) in [5.74, 6) is 2.95. The molecule has 0 radical (unpaired) electrons. The van der Waals surface area contributed by atoms with Gasteiger partial charge < -0.3 is 18.9 Å². The van der Waals surface area contributed by atoms with Crippen LogP contribution in [0, 0.1) is 10.8 Å². The van der Waals surface area contributed by atoms with Crippen molar-refractivity contribution in [2.24, 2.45) is 30.8 Å². The molecule has 0 saturated carbocycles. The molecule has 2 aliphatic carbocycles. The third-order valence-corrected chi connectivity index (χ3v) is 11.1. The molecule has 0 bridgehead atoms. The van der Waals surface area contributed by atoms with Crippen LogP contribution in [0.15, 0.2) is 28.9 Å². The Morgan fingerprint density at radius 3 is 0.810 bits per heavy atom. The molecular weight excluding hydrogens is 664 g/mol. The van der Waals surface area contributed by atoms with Gasteiger partial charge in [0.15, 0.2) is 0 Å². The summed E-state index contributed by atoms with van der Waals surface area (Å²) < 4.78 is 27.6. The molecule has 1 aromatic rings. The highest BCUT2D eigenvalue weighted by Crippen LogP contribution is 2.55. The average molecular weight is 705 g/mol. The maximum Gasteiger partial charge on any atom is 0.200 e. The van der Waals surface area contributed by atoms with E-state index in [0.29, 0.717) is 52.1 Å². The third-order valence-electron chi connectivity index (χ3n) is 9.21. The molecule has 0 saturated heterocycles. The number of rotatable bonds is 4. The van der Waals surface area contributed by atoms with E-state index in [1.807, 2.05) is 0 Å². The van der Waals surface area contributed by atoms with E-state index in [9.17, 15) is 0 Å². The minimum Gasteiger partial charge on any atom is -0.478 e. The fraction of sp³-hybridized carbons (Fsp3) is 0.688. The molecular formula is C32H40Br2N4O4. The van der Waals surface area contributed by atoms with Gasteiger partial charge in [-0.25, -0.2) is 20.0 Å². The van der Waals surface area contributed by atoms with Gasteiger partial charge in [-0.3, -0.25) is 0 Å². The Morgan fingerprint density at radius 2 is 0.643 bits per heavy atom. The molecule has 0 spiro atoms. The Bertz CT molecular complexity index is 1310. The summed E-state index contributed by atoms with van der Waals surface area (Å²) in [6.07, 6.45) is 2.78. The largest absolute Gasteiger partial charge is 0.478 e. The summed E-state index contributed by atoms with van der Waals surface area (Å²) in [6.45, 7) is 19.1.